The van der Waals surface area contributed by atoms with Gasteiger partial charge in [0.05, 0.1) is 12.5 Å². The molecular weight excluding hydrogens is 388 g/mol. The van der Waals surface area contributed by atoms with Crippen LogP contribution in [0.15, 0.2) is 24.5 Å². The van der Waals surface area contributed by atoms with Crippen LogP contribution < -0.4 is 5.32 Å². The van der Waals surface area contributed by atoms with Crippen molar-refractivity contribution < 1.29 is 24.4 Å². The highest BCUT2D eigenvalue weighted by Crippen LogP contribution is 2.32. The van der Waals surface area contributed by atoms with Crippen LogP contribution in [0.1, 0.15) is 55.3 Å². The summed E-state index contributed by atoms with van der Waals surface area (Å²) in [5.41, 5.74) is 0.315. The van der Waals surface area contributed by atoms with Crippen molar-refractivity contribution in [1.29, 1.82) is 0 Å². The molecule has 3 rings (SSSR count). The van der Waals surface area contributed by atoms with E-state index in [4.69, 9.17) is 0 Å². The topological polar surface area (TPSA) is 120 Å². The van der Waals surface area contributed by atoms with E-state index in [1.165, 1.54) is 29.4 Å². The number of carbonyl (C=O) groups excluding carboxylic acids is 4. The highest BCUT2D eigenvalue weighted by Gasteiger charge is 2.39. The average molecular weight is 416 g/mol. The van der Waals surface area contributed by atoms with Crippen LogP contribution >= 0.6 is 0 Å². The molecule has 9 nitrogen and oxygen atoms in total. The summed E-state index contributed by atoms with van der Waals surface area (Å²) in [6.07, 6.45) is 9.20. The monoisotopic (exact) mass is 416 g/mol. The molecule has 30 heavy (non-hydrogen) atoms. The highest BCUT2D eigenvalue weighted by molar-refractivity contribution is 6.06. The molecule has 0 spiro atoms. The van der Waals surface area contributed by atoms with E-state index in [0.29, 0.717) is 42.4 Å². The molecule has 1 aliphatic heterocycles. The minimum absolute atomic E-state index is 0.0976. The summed E-state index contributed by atoms with van der Waals surface area (Å²) in [4.78, 5) is 54.5. The molecule has 2 N–H and O–H groups in total. The van der Waals surface area contributed by atoms with Gasteiger partial charge in [-0.3, -0.25) is 34.7 Å². The fourth-order valence-corrected chi connectivity index (χ4v) is 4.48. The SMILES string of the molecule is O=CN(O)C[C@@H](CC1CCCC1)C(=O)N1CCC[C@H]1C(=O)NC(=O)c1ccncc1. The molecule has 0 unspecified atom stereocenters. The predicted molar refractivity (Wildman–Crippen MR) is 106 cm³/mol. The molecule has 2 atom stereocenters. The maximum Gasteiger partial charge on any atom is 0.258 e. The number of hydrogen-bond acceptors (Lipinski definition) is 6. The number of hydrogen-bond donors (Lipinski definition) is 2. The lowest BCUT2D eigenvalue weighted by molar-refractivity contribution is -0.158. The number of imide groups is 1. The van der Waals surface area contributed by atoms with Gasteiger partial charge in [0.1, 0.15) is 6.04 Å². The molecule has 2 heterocycles. The second-order valence-electron chi connectivity index (χ2n) is 8.05. The lowest BCUT2D eigenvalue weighted by atomic mass is 9.91. The molecule has 1 aromatic rings. The fourth-order valence-electron chi connectivity index (χ4n) is 4.48. The summed E-state index contributed by atoms with van der Waals surface area (Å²) < 4.78 is 0. The van der Waals surface area contributed by atoms with Crippen LogP contribution in [0.5, 0.6) is 0 Å². The minimum Gasteiger partial charge on any atom is -0.330 e. The number of pyridine rings is 1. The van der Waals surface area contributed by atoms with Crippen LogP contribution in [0.4, 0.5) is 0 Å². The van der Waals surface area contributed by atoms with E-state index in [-0.39, 0.29) is 18.9 Å². The largest absolute Gasteiger partial charge is 0.330 e. The molecule has 4 amide bonds. The van der Waals surface area contributed by atoms with Crippen molar-refractivity contribution in [2.75, 3.05) is 13.1 Å². The van der Waals surface area contributed by atoms with E-state index in [1.807, 2.05) is 0 Å². The van der Waals surface area contributed by atoms with E-state index in [2.05, 4.69) is 10.3 Å². The molecule has 9 heteroatoms. The number of amides is 4. The van der Waals surface area contributed by atoms with E-state index in [9.17, 15) is 24.4 Å². The summed E-state index contributed by atoms with van der Waals surface area (Å²) in [6, 6.07) is 2.28. The Labute approximate surface area is 175 Å². The van der Waals surface area contributed by atoms with Gasteiger partial charge < -0.3 is 4.90 Å². The Morgan fingerprint density at radius 1 is 1.20 bits per heavy atom. The van der Waals surface area contributed by atoms with Crippen molar-refractivity contribution in [2.24, 2.45) is 11.8 Å². The van der Waals surface area contributed by atoms with Gasteiger partial charge in [0, 0.05) is 24.5 Å². The lowest BCUT2D eigenvalue weighted by Gasteiger charge is -2.30. The Morgan fingerprint density at radius 2 is 1.90 bits per heavy atom. The molecule has 2 fully saturated rings. The van der Waals surface area contributed by atoms with Gasteiger partial charge in [-0.05, 0) is 37.3 Å². The van der Waals surface area contributed by atoms with E-state index in [0.717, 1.165) is 25.7 Å². The molecule has 0 radical (unpaired) electrons. The van der Waals surface area contributed by atoms with Gasteiger partial charge in [-0.15, -0.1) is 0 Å². The first-order valence-electron chi connectivity index (χ1n) is 10.5. The summed E-state index contributed by atoms with van der Waals surface area (Å²) in [7, 11) is 0. The third-order valence-electron chi connectivity index (χ3n) is 5.99. The van der Waals surface area contributed by atoms with Crippen LogP contribution in [-0.4, -0.2) is 63.4 Å². The molecule has 1 saturated carbocycles. The van der Waals surface area contributed by atoms with Crippen molar-refractivity contribution in [1.82, 2.24) is 20.3 Å². The average Bonchev–Trinajstić information content (AvgIpc) is 3.45. The van der Waals surface area contributed by atoms with Gasteiger partial charge in [0.15, 0.2) is 0 Å². The number of hydroxylamine groups is 2. The zero-order chi connectivity index (χ0) is 21.5. The summed E-state index contributed by atoms with van der Waals surface area (Å²) in [6.45, 7) is 0.313. The molecule has 0 aromatic carbocycles. The van der Waals surface area contributed by atoms with Gasteiger partial charge >= 0.3 is 0 Å². The minimum atomic E-state index is -0.738. The molecule has 1 aliphatic carbocycles. The Morgan fingerprint density at radius 3 is 2.57 bits per heavy atom. The van der Waals surface area contributed by atoms with Gasteiger partial charge in [-0.25, -0.2) is 5.06 Å². The van der Waals surface area contributed by atoms with E-state index in [1.54, 1.807) is 0 Å². The fraction of sp³-hybridized carbons (Fsp3) is 0.571. The number of rotatable bonds is 8. The Hall–Kier alpha value is -2.81. The third-order valence-corrected chi connectivity index (χ3v) is 5.99. The van der Waals surface area contributed by atoms with Crippen molar-refractivity contribution in [3.05, 3.63) is 30.1 Å². The summed E-state index contributed by atoms with van der Waals surface area (Å²) >= 11 is 0. The van der Waals surface area contributed by atoms with E-state index >= 15 is 0 Å². The number of nitrogens with one attached hydrogen (secondary N) is 1. The van der Waals surface area contributed by atoms with Gasteiger partial charge in [-0.1, -0.05) is 25.7 Å². The Kier molecular flexibility index (Phi) is 7.51. The smallest absolute Gasteiger partial charge is 0.258 e. The molecule has 1 aromatic heterocycles. The van der Waals surface area contributed by atoms with Crippen molar-refractivity contribution in [3.8, 4) is 0 Å². The summed E-state index contributed by atoms with van der Waals surface area (Å²) in [5, 5.41) is 12.5. The molecular formula is C21H28N4O5. The van der Waals surface area contributed by atoms with Gasteiger partial charge in [-0.2, -0.15) is 0 Å². The number of carbonyl (C=O) groups is 4. The number of aromatic nitrogens is 1. The van der Waals surface area contributed by atoms with Crippen molar-refractivity contribution in [3.63, 3.8) is 0 Å². The molecule has 1 saturated heterocycles. The van der Waals surface area contributed by atoms with E-state index < -0.39 is 23.8 Å². The first-order chi connectivity index (χ1) is 14.5. The van der Waals surface area contributed by atoms with Crippen LogP contribution in [0.25, 0.3) is 0 Å². The second-order valence-corrected chi connectivity index (χ2v) is 8.05. The highest BCUT2D eigenvalue weighted by atomic mass is 16.5. The van der Waals surface area contributed by atoms with Crippen molar-refractivity contribution in [2.45, 2.75) is 51.0 Å². The summed E-state index contributed by atoms with van der Waals surface area (Å²) in [5.74, 6) is -1.50. The number of nitrogens with zero attached hydrogens (tertiary/aromatic N) is 3. The Balaban J connectivity index is 1.67. The van der Waals surface area contributed by atoms with Crippen LogP contribution in [0.3, 0.4) is 0 Å². The Bertz CT molecular complexity index is 766. The zero-order valence-electron chi connectivity index (χ0n) is 16.9. The maximum atomic E-state index is 13.3. The first kappa shape index (κ1) is 21.9. The molecule has 162 valence electrons. The maximum absolute atomic E-state index is 13.3. The molecule has 2 aliphatic rings. The van der Waals surface area contributed by atoms with Gasteiger partial charge in [0.25, 0.3) is 5.91 Å². The second kappa shape index (κ2) is 10.3. The van der Waals surface area contributed by atoms with Gasteiger partial charge in [0.2, 0.25) is 18.2 Å². The lowest BCUT2D eigenvalue weighted by Crippen LogP contribution is -2.50. The molecule has 0 bridgehead atoms. The quantitative estimate of drug-likeness (QED) is 0.286. The van der Waals surface area contributed by atoms with Crippen LogP contribution in [0.2, 0.25) is 0 Å². The van der Waals surface area contributed by atoms with Crippen LogP contribution in [0, 0.1) is 11.8 Å². The third kappa shape index (κ3) is 5.41. The van der Waals surface area contributed by atoms with Crippen molar-refractivity contribution >= 4 is 24.1 Å². The first-order valence-corrected chi connectivity index (χ1v) is 10.5. The number of likely N-dealkylation sites (tertiary alicyclic amines) is 1. The predicted octanol–water partition coefficient (Wildman–Crippen LogP) is 1.37. The van der Waals surface area contributed by atoms with Crippen LogP contribution in [-0.2, 0) is 14.4 Å². The normalized spacial score (nSPS) is 20.0. The standard InChI is InChI=1S/C21H28N4O5/c26-14-24(30)13-17(12-15-4-1-2-5-15)21(29)25-11-3-6-18(25)20(28)23-19(27)16-7-9-22-10-8-16/h7-10,14-15,17-18,30H,1-6,11-13H2,(H,23,27,28)/t17-,18+/m1/s1. The zero-order valence-corrected chi connectivity index (χ0v) is 16.9.